The summed E-state index contributed by atoms with van der Waals surface area (Å²) in [7, 11) is 0. The molecule has 1 aromatic rings. The van der Waals surface area contributed by atoms with Gasteiger partial charge in [0.2, 0.25) is 0 Å². The van der Waals surface area contributed by atoms with Gasteiger partial charge in [0, 0.05) is 0 Å². The predicted molar refractivity (Wildman–Crippen MR) is 65.8 cm³/mol. The molecule has 2 fully saturated rings. The number of rotatable bonds is 2. The molecule has 2 aliphatic rings. The van der Waals surface area contributed by atoms with E-state index in [4.69, 9.17) is 19.5 Å². The van der Waals surface area contributed by atoms with Crippen molar-refractivity contribution in [2.75, 3.05) is 13.2 Å². The Kier molecular flexibility index (Phi) is 3.40. The van der Waals surface area contributed by atoms with E-state index in [1.807, 2.05) is 6.07 Å². The molecule has 104 valence electrons. The van der Waals surface area contributed by atoms with E-state index in [0.29, 0.717) is 11.1 Å². The van der Waals surface area contributed by atoms with Crippen LogP contribution in [-0.2, 0) is 14.2 Å². The van der Waals surface area contributed by atoms with Gasteiger partial charge in [-0.15, -0.1) is 0 Å². The number of carbonyl (C=O) groups is 1. The van der Waals surface area contributed by atoms with Crippen molar-refractivity contribution in [1.29, 1.82) is 5.26 Å². The van der Waals surface area contributed by atoms with Crippen LogP contribution >= 0.6 is 0 Å². The van der Waals surface area contributed by atoms with Crippen LogP contribution in [0, 0.1) is 11.3 Å². The van der Waals surface area contributed by atoms with E-state index in [2.05, 4.69) is 0 Å². The van der Waals surface area contributed by atoms with Crippen molar-refractivity contribution >= 4 is 5.97 Å². The summed E-state index contributed by atoms with van der Waals surface area (Å²) < 4.78 is 16.1. The van der Waals surface area contributed by atoms with Crippen LogP contribution in [0.3, 0.4) is 0 Å². The molecule has 1 aromatic carbocycles. The molecule has 2 saturated heterocycles. The number of nitriles is 1. The third-order valence-corrected chi connectivity index (χ3v) is 3.49. The minimum atomic E-state index is -0.668. The molecule has 4 unspecified atom stereocenters. The first-order valence-electron chi connectivity index (χ1n) is 6.31. The van der Waals surface area contributed by atoms with Crippen molar-refractivity contribution in [1.82, 2.24) is 0 Å². The summed E-state index contributed by atoms with van der Waals surface area (Å²) >= 11 is 0. The van der Waals surface area contributed by atoms with Gasteiger partial charge in [0.05, 0.1) is 30.4 Å². The Morgan fingerprint density at radius 2 is 1.95 bits per heavy atom. The number of esters is 1. The summed E-state index contributed by atoms with van der Waals surface area (Å²) in [5.74, 6) is -0.492. The number of aliphatic hydroxyl groups excluding tert-OH is 1. The van der Waals surface area contributed by atoms with Gasteiger partial charge < -0.3 is 19.3 Å². The van der Waals surface area contributed by atoms with Gasteiger partial charge in [0.1, 0.15) is 18.3 Å². The molecule has 4 atom stereocenters. The highest BCUT2D eigenvalue weighted by Gasteiger charge is 2.48. The van der Waals surface area contributed by atoms with Gasteiger partial charge in [0.15, 0.2) is 6.10 Å². The van der Waals surface area contributed by atoms with Crippen LogP contribution in [0.4, 0.5) is 0 Å². The summed E-state index contributed by atoms with van der Waals surface area (Å²) in [5, 5.41) is 18.3. The van der Waals surface area contributed by atoms with Crippen LogP contribution in [-0.4, -0.2) is 48.7 Å². The van der Waals surface area contributed by atoms with Gasteiger partial charge in [-0.25, -0.2) is 4.79 Å². The Morgan fingerprint density at radius 1 is 1.25 bits per heavy atom. The smallest absolute Gasteiger partial charge is 0.338 e. The normalized spacial score (nSPS) is 31.6. The molecule has 0 aliphatic carbocycles. The van der Waals surface area contributed by atoms with Crippen molar-refractivity contribution in [2.45, 2.75) is 24.4 Å². The summed E-state index contributed by atoms with van der Waals surface area (Å²) in [4.78, 5) is 12.0. The monoisotopic (exact) mass is 275 g/mol. The van der Waals surface area contributed by atoms with Gasteiger partial charge in [-0.3, -0.25) is 0 Å². The summed E-state index contributed by atoms with van der Waals surface area (Å²) in [6, 6.07) is 8.17. The number of aliphatic hydroxyl groups is 1. The number of hydrogen-bond donors (Lipinski definition) is 1. The van der Waals surface area contributed by atoms with Crippen LogP contribution in [0.1, 0.15) is 15.9 Å². The van der Waals surface area contributed by atoms with Crippen LogP contribution in [0.5, 0.6) is 0 Å². The lowest BCUT2D eigenvalue weighted by Gasteiger charge is -2.16. The van der Waals surface area contributed by atoms with E-state index >= 15 is 0 Å². The Labute approximate surface area is 115 Å². The maximum Gasteiger partial charge on any atom is 0.338 e. The van der Waals surface area contributed by atoms with Gasteiger partial charge >= 0.3 is 5.97 Å². The SMILES string of the molecule is N#Cc1ccc(C(=O)OC2COC3C(O)COC23)cc1. The molecule has 6 nitrogen and oxygen atoms in total. The second-order valence-electron chi connectivity index (χ2n) is 4.80. The quantitative estimate of drug-likeness (QED) is 0.778. The topological polar surface area (TPSA) is 88.8 Å². The van der Waals surface area contributed by atoms with E-state index < -0.39 is 30.4 Å². The van der Waals surface area contributed by atoms with Crippen molar-refractivity contribution in [3.63, 3.8) is 0 Å². The van der Waals surface area contributed by atoms with Gasteiger partial charge in [0.25, 0.3) is 0 Å². The van der Waals surface area contributed by atoms with E-state index in [1.165, 1.54) is 0 Å². The van der Waals surface area contributed by atoms with E-state index in [1.54, 1.807) is 24.3 Å². The zero-order chi connectivity index (χ0) is 14.1. The third kappa shape index (κ3) is 2.27. The minimum absolute atomic E-state index is 0.195. The lowest BCUT2D eigenvalue weighted by atomic mass is 10.1. The highest BCUT2D eigenvalue weighted by Crippen LogP contribution is 2.29. The molecule has 0 saturated carbocycles. The van der Waals surface area contributed by atoms with Gasteiger partial charge in [-0.05, 0) is 24.3 Å². The molecular weight excluding hydrogens is 262 g/mol. The fraction of sp³-hybridized carbons (Fsp3) is 0.429. The second kappa shape index (κ2) is 5.21. The minimum Gasteiger partial charge on any atom is -0.453 e. The number of nitrogens with zero attached hydrogens (tertiary/aromatic N) is 1. The van der Waals surface area contributed by atoms with Crippen LogP contribution < -0.4 is 0 Å². The van der Waals surface area contributed by atoms with E-state index in [0.717, 1.165) is 0 Å². The number of carbonyl (C=O) groups excluding carboxylic acids is 1. The Balaban J connectivity index is 1.66. The second-order valence-corrected chi connectivity index (χ2v) is 4.80. The molecule has 0 aromatic heterocycles. The molecule has 0 bridgehead atoms. The van der Waals surface area contributed by atoms with Crippen LogP contribution in [0.15, 0.2) is 24.3 Å². The molecule has 3 rings (SSSR count). The van der Waals surface area contributed by atoms with Crippen molar-refractivity contribution in [3.8, 4) is 6.07 Å². The lowest BCUT2D eigenvalue weighted by Crippen LogP contribution is -2.34. The van der Waals surface area contributed by atoms with E-state index in [-0.39, 0.29) is 13.2 Å². The van der Waals surface area contributed by atoms with Crippen molar-refractivity contribution in [2.24, 2.45) is 0 Å². The number of fused-ring (bicyclic) bond motifs is 1. The standard InChI is InChI=1S/C14H13NO5/c15-5-8-1-3-9(4-2-8)14(17)20-11-7-19-12-10(16)6-18-13(11)12/h1-4,10-13,16H,6-7H2. The molecular formula is C14H13NO5. The highest BCUT2D eigenvalue weighted by molar-refractivity contribution is 5.89. The number of ether oxygens (including phenoxy) is 3. The first-order chi connectivity index (χ1) is 9.69. The first kappa shape index (κ1) is 13.1. The Morgan fingerprint density at radius 3 is 2.65 bits per heavy atom. The van der Waals surface area contributed by atoms with Gasteiger partial charge in [-0.2, -0.15) is 5.26 Å². The van der Waals surface area contributed by atoms with Gasteiger partial charge in [-0.1, -0.05) is 0 Å². The van der Waals surface area contributed by atoms with E-state index in [9.17, 15) is 9.90 Å². The lowest BCUT2D eigenvalue weighted by molar-refractivity contribution is -0.0209. The maximum absolute atomic E-state index is 12.0. The summed E-state index contributed by atoms with van der Waals surface area (Å²) in [6.45, 7) is 0.411. The average Bonchev–Trinajstić information content (AvgIpc) is 3.03. The molecule has 1 N–H and O–H groups in total. The Hall–Kier alpha value is -1.94. The van der Waals surface area contributed by atoms with Crippen molar-refractivity contribution < 1.29 is 24.1 Å². The highest BCUT2D eigenvalue weighted by atomic mass is 16.6. The molecule has 20 heavy (non-hydrogen) atoms. The maximum atomic E-state index is 12.0. The fourth-order valence-electron chi connectivity index (χ4n) is 2.43. The largest absolute Gasteiger partial charge is 0.453 e. The molecule has 0 spiro atoms. The summed E-state index contributed by atoms with van der Waals surface area (Å²) in [5.41, 5.74) is 0.846. The average molecular weight is 275 g/mol. The van der Waals surface area contributed by atoms with Crippen molar-refractivity contribution in [3.05, 3.63) is 35.4 Å². The molecule has 0 amide bonds. The number of hydrogen-bond acceptors (Lipinski definition) is 6. The predicted octanol–water partition coefficient (Wildman–Crippen LogP) is 0.242. The molecule has 2 aliphatic heterocycles. The molecule has 2 heterocycles. The van der Waals surface area contributed by atoms with Crippen LogP contribution in [0.2, 0.25) is 0 Å². The number of benzene rings is 1. The zero-order valence-electron chi connectivity index (χ0n) is 10.6. The molecule has 0 radical (unpaired) electrons. The first-order valence-corrected chi connectivity index (χ1v) is 6.31. The molecule has 6 heteroatoms. The summed E-state index contributed by atoms with van der Waals surface area (Å²) in [6.07, 6.45) is -2.01. The van der Waals surface area contributed by atoms with Crippen LogP contribution in [0.25, 0.3) is 0 Å². The zero-order valence-corrected chi connectivity index (χ0v) is 10.6. The fourth-order valence-corrected chi connectivity index (χ4v) is 2.43. The third-order valence-electron chi connectivity index (χ3n) is 3.49. The Bertz CT molecular complexity index is 550.